The van der Waals surface area contributed by atoms with Gasteiger partial charge in [0.25, 0.3) is 5.91 Å². The number of morpholine rings is 1. The van der Waals surface area contributed by atoms with E-state index in [9.17, 15) is 4.79 Å². The minimum atomic E-state index is -0.0861. The Labute approximate surface area is 173 Å². The molecule has 1 aliphatic carbocycles. The van der Waals surface area contributed by atoms with Crippen molar-refractivity contribution in [3.05, 3.63) is 46.2 Å². The van der Waals surface area contributed by atoms with E-state index in [1.54, 1.807) is 0 Å². The van der Waals surface area contributed by atoms with E-state index >= 15 is 0 Å². The van der Waals surface area contributed by atoms with Crippen LogP contribution in [0.25, 0.3) is 10.2 Å². The molecule has 0 bridgehead atoms. The second-order valence-electron chi connectivity index (χ2n) is 7.78. The Kier molecular flexibility index (Phi) is 4.72. The van der Waals surface area contributed by atoms with Gasteiger partial charge in [0, 0.05) is 35.8 Å². The van der Waals surface area contributed by atoms with Crippen molar-refractivity contribution >= 4 is 38.8 Å². The third-order valence-electron chi connectivity index (χ3n) is 5.64. The molecule has 1 aliphatic heterocycles. The Balaban J connectivity index is 1.37. The Morgan fingerprint density at radius 1 is 1.14 bits per heavy atom. The van der Waals surface area contributed by atoms with Crippen molar-refractivity contribution in [3.63, 3.8) is 0 Å². The van der Waals surface area contributed by atoms with Crippen LogP contribution in [-0.2, 0) is 4.74 Å². The van der Waals surface area contributed by atoms with Crippen LogP contribution >= 0.6 is 11.3 Å². The lowest BCUT2D eigenvalue weighted by Crippen LogP contribution is -2.36. The first-order chi connectivity index (χ1) is 14.1. The number of nitrogens with zero attached hydrogens (tertiary/aromatic N) is 3. The second kappa shape index (κ2) is 7.39. The fourth-order valence-corrected chi connectivity index (χ4v) is 5.00. The number of amides is 1. The van der Waals surface area contributed by atoms with Crippen molar-refractivity contribution in [1.29, 1.82) is 0 Å². The van der Waals surface area contributed by atoms with Crippen LogP contribution in [0.4, 0.5) is 11.4 Å². The first-order valence-corrected chi connectivity index (χ1v) is 10.9. The van der Waals surface area contributed by atoms with Gasteiger partial charge in [-0.1, -0.05) is 0 Å². The van der Waals surface area contributed by atoms with Crippen LogP contribution in [0.3, 0.4) is 0 Å². The van der Waals surface area contributed by atoms with Gasteiger partial charge in [-0.15, -0.1) is 11.3 Å². The van der Waals surface area contributed by atoms with Gasteiger partial charge in [-0.3, -0.25) is 4.79 Å². The number of rotatable bonds is 4. The van der Waals surface area contributed by atoms with Gasteiger partial charge in [-0.05, 0) is 56.5 Å². The van der Waals surface area contributed by atoms with Crippen LogP contribution in [-0.4, -0.2) is 42.2 Å². The highest BCUT2D eigenvalue weighted by molar-refractivity contribution is 7.20. The topological polar surface area (TPSA) is 67.4 Å². The molecule has 2 aromatic heterocycles. The maximum Gasteiger partial charge on any atom is 0.266 e. The van der Waals surface area contributed by atoms with E-state index in [0.29, 0.717) is 10.8 Å². The SMILES string of the molecule is Cc1nc(C2CC2)nc2sc(C(=O)Nc3ccc(N4CCOCC4)cc3)c(C)c12. The van der Waals surface area contributed by atoms with Gasteiger partial charge in [-0.2, -0.15) is 0 Å². The summed E-state index contributed by atoms with van der Waals surface area (Å²) in [7, 11) is 0. The molecule has 1 amide bonds. The number of aryl methyl sites for hydroxylation is 2. The van der Waals surface area contributed by atoms with Crippen molar-refractivity contribution in [2.24, 2.45) is 0 Å². The molecule has 1 saturated carbocycles. The number of ether oxygens (including phenoxy) is 1. The molecule has 2 fully saturated rings. The van der Waals surface area contributed by atoms with Crippen molar-refractivity contribution in [3.8, 4) is 0 Å². The minimum absolute atomic E-state index is 0.0861. The molecule has 5 rings (SSSR count). The standard InChI is InChI=1S/C22H24N4O2S/c1-13-18-14(2)23-20(15-3-4-15)25-22(18)29-19(13)21(27)24-16-5-7-17(8-6-16)26-9-11-28-12-10-26/h5-8,15H,3-4,9-12H2,1-2H3,(H,24,27). The van der Waals surface area contributed by atoms with Gasteiger partial charge in [0.05, 0.1) is 23.8 Å². The van der Waals surface area contributed by atoms with Crippen LogP contribution in [0.1, 0.15) is 45.5 Å². The lowest BCUT2D eigenvalue weighted by molar-refractivity contribution is 0.103. The number of hydrogen-bond acceptors (Lipinski definition) is 6. The molecule has 29 heavy (non-hydrogen) atoms. The van der Waals surface area contributed by atoms with Crippen molar-refractivity contribution < 1.29 is 9.53 Å². The molecule has 0 spiro atoms. The predicted molar refractivity (Wildman–Crippen MR) is 116 cm³/mol. The van der Waals surface area contributed by atoms with E-state index < -0.39 is 0 Å². The number of aromatic nitrogens is 2. The highest BCUT2D eigenvalue weighted by Gasteiger charge is 2.28. The quantitative estimate of drug-likeness (QED) is 0.698. The molecule has 2 aliphatic rings. The first-order valence-electron chi connectivity index (χ1n) is 10.1. The third kappa shape index (κ3) is 3.60. The number of fused-ring (bicyclic) bond motifs is 1. The van der Waals surface area contributed by atoms with E-state index in [1.165, 1.54) is 24.2 Å². The van der Waals surface area contributed by atoms with Gasteiger partial charge >= 0.3 is 0 Å². The lowest BCUT2D eigenvalue weighted by atomic mass is 10.1. The Morgan fingerprint density at radius 3 is 2.55 bits per heavy atom. The van der Waals surface area contributed by atoms with E-state index in [-0.39, 0.29) is 5.91 Å². The molecule has 7 heteroatoms. The summed E-state index contributed by atoms with van der Waals surface area (Å²) < 4.78 is 5.41. The van der Waals surface area contributed by atoms with Crippen LogP contribution < -0.4 is 10.2 Å². The molecule has 1 saturated heterocycles. The van der Waals surface area contributed by atoms with Crippen molar-refractivity contribution in [1.82, 2.24) is 9.97 Å². The zero-order valence-corrected chi connectivity index (χ0v) is 17.5. The smallest absolute Gasteiger partial charge is 0.266 e. The molecular formula is C22H24N4O2S. The van der Waals surface area contributed by atoms with Gasteiger partial charge < -0.3 is 15.0 Å². The number of carbonyl (C=O) groups excluding carboxylic acids is 1. The van der Waals surface area contributed by atoms with Crippen molar-refractivity contribution in [2.75, 3.05) is 36.5 Å². The maximum absolute atomic E-state index is 13.0. The van der Waals surface area contributed by atoms with E-state index in [1.807, 2.05) is 26.0 Å². The average Bonchev–Trinajstić information content (AvgIpc) is 3.53. The number of thiophene rings is 1. The molecule has 0 atom stereocenters. The molecule has 1 aromatic carbocycles. The summed E-state index contributed by atoms with van der Waals surface area (Å²) in [5.74, 6) is 1.35. The van der Waals surface area contributed by atoms with E-state index in [4.69, 9.17) is 9.72 Å². The third-order valence-corrected chi connectivity index (χ3v) is 6.82. The predicted octanol–water partition coefficient (Wildman–Crippen LogP) is 4.27. The molecule has 150 valence electrons. The fourth-order valence-electron chi connectivity index (χ4n) is 3.87. The highest BCUT2D eigenvalue weighted by Crippen LogP contribution is 2.40. The zero-order valence-electron chi connectivity index (χ0n) is 16.7. The maximum atomic E-state index is 13.0. The van der Waals surface area contributed by atoms with Crippen LogP contribution in [0.2, 0.25) is 0 Å². The summed E-state index contributed by atoms with van der Waals surface area (Å²) in [6.45, 7) is 7.32. The summed E-state index contributed by atoms with van der Waals surface area (Å²) in [5.41, 5.74) is 3.89. The summed E-state index contributed by atoms with van der Waals surface area (Å²) >= 11 is 1.47. The number of carbonyl (C=O) groups is 1. The zero-order chi connectivity index (χ0) is 20.0. The number of nitrogens with one attached hydrogen (secondary N) is 1. The highest BCUT2D eigenvalue weighted by atomic mass is 32.1. The first kappa shape index (κ1) is 18.5. The van der Waals surface area contributed by atoms with Gasteiger partial charge in [-0.25, -0.2) is 9.97 Å². The molecule has 3 heterocycles. The average molecular weight is 409 g/mol. The Hall–Kier alpha value is -2.51. The Bertz CT molecular complexity index is 1070. The normalized spacial score (nSPS) is 17.0. The summed E-state index contributed by atoms with van der Waals surface area (Å²) in [4.78, 5) is 26.3. The van der Waals surface area contributed by atoms with E-state index in [0.717, 1.165) is 65.0 Å². The monoisotopic (exact) mass is 408 g/mol. The summed E-state index contributed by atoms with van der Waals surface area (Å²) in [6, 6.07) is 8.02. The van der Waals surface area contributed by atoms with Crippen LogP contribution in [0, 0.1) is 13.8 Å². The second-order valence-corrected chi connectivity index (χ2v) is 8.78. The fraction of sp³-hybridized carbons (Fsp3) is 0.409. The molecule has 3 aromatic rings. The molecule has 6 nitrogen and oxygen atoms in total. The van der Waals surface area contributed by atoms with Crippen LogP contribution in [0.5, 0.6) is 0 Å². The van der Waals surface area contributed by atoms with Crippen LogP contribution in [0.15, 0.2) is 24.3 Å². The Morgan fingerprint density at radius 2 is 1.86 bits per heavy atom. The molecule has 0 radical (unpaired) electrons. The largest absolute Gasteiger partial charge is 0.378 e. The van der Waals surface area contributed by atoms with Crippen molar-refractivity contribution in [2.45, 2.75) is 32.6 Å². The van der Waals surface area contributed by atoms with Gasteiger partial charge in [0.1, 0.15) is 10.7 Å². The number of benzene rings is 1. The van der Waals surface area contributed by atoms with Gasteiger partial charge in [0.15, 0.2) is 0 Å². The minimum Gasteiger partial charge on any atom is -0.378 e. The lowest BCUT2D eigenvalue weighted by Gasteiger charge is -2.28. The number of hydrogen-bond donors (Lipinski definition) is 1. The molecular weight excluding hydrogens is 384 g/mol. The summed E-state index contributed by atoms with van der Waals surface area (Å²) in [5, 5.41) is 4.06. The molecule has 1 N–H and O–H groups in total. The van der Waals surface area contributed by atoms with E-state index in [2.05, 4.69) is 27.3 Å². The number of anilines is 2. The van der Waals surface area contributed by atoms with Gasteiger partial charge in [0.2, 0.25) is 0 Å². The molecule has 0 unspecified atom stereocenters. The summed E-state index contributed by atoms with van der Waals surface area (Å²) in [6.07, 6.45) is 2.34.